The molecule has 0 atom stereocenters. The van der Waals surface area contributed by atoms with Gasteiger partial charge >= 0.3 is 6.03 Å². The quantitative estimate of drug-likeness (QED) is 0.566. The maximum absolute atomic E-state index is 12.0. The Kier molecular flexibility index (Phi) is 7.65. The van der Waals surface area contributed by atoms with Crippen molar-refractivity contribution in [1.82, 2.24) is 5.32 Å². The number of anilines is 3. The monoisotopic (exact) mass is 404 g/mol. The van der Waals surface area contributed by atoms with Gasteiger partial charge in [-0.1, -0.05) is 11.6 Å². The molecule has 0 aliphatic rings. The minimum absolute atomic E-state index is 0.0844. The molecule has 0 fully saturated rings. The Morgan fingerprint density at radius 1 is 0.964 bits per heavy atom. The van der Waals surface area contributed by atoms with Crippen LogP contribution in [0.3, 0.4) is 0 Å². The number of rotatable bonds is 7. The Bertz CT molecular complexity index is 856. The molecule has 0 bridgehead atoms. The molecule has 0 heterocycles. The summed E-state index contributed by atoms with van der Waals surface area (Å²) in [7, 11) is 1.56. The van der Waals surface area contributed by atoms with E-state index in [1.54, 1.807) is 43.5 Å². The van der Waals surface area contributed by atoms with Gasteiger partial charge in [-0.15, -0.1) is 0 Å². The van der Waals surface area contributed by atoms with Crippen LogP contribution >= 0.6 is 11.6 Å². The molecule has 0 spiro atoms. The number of methoxy groups -OCH3 is 1. The number of carbonyl (C=O) groups excluding carboxylic acids is 3. The van der Waals surface area contributed by atoms with Crippen molar-refractivity contribution in [3.63, 3.8) is 0 Å². The minimum Gasteiger partial charge on any atom is -0.497 e. The van der Waals surface area contributed by atoms with Crippen molar-refractivity contribution in [3.8, 4) is 5.75 Å². The van der Waals surface area contributed by atoms with E-state index in [0.29, 0.717) is 27.8 Å². The lowest BCUT2D eigenvalue weighted by Gasteiger charge is -2.10. The van der Waals surface area contributed by atoms with Crippen molar-refractivity contribution in [2.45, 2.75) is 13.3 Å². The highest BCUT2D eigenvalue weighted by atomic mass is 35.5. The summed E-state index contributed by atoms with van der Waals surface area (Å²) in [5.41, 5.74) is 1.56. The fourth-order valence-electron chi connectivity index (χ4n) is 2.25. The zero-order chi connectivity index (χ0) is 20.5. The summed E-state index contributed by atoms with van der Waals surface area (Å²) in [6.07, 6.45) is 0.0844. The highest BCUT2D eigenvalue weighted by Gasteiger charge is 2.08. The van der Waals surface area contributed by atoms with E-state index in [2.05, 4.69) is 21.3 Å². The Morgan fingerprint density at radius 3 is 2.25 bits per heavy atom. The van der Waals surface area contributed by atoms with Crippen molar-refractivity contribution in [3.05, 3.63) is 47.5 Å². The predicted octanol–water partition coefficient (Wildman–Crippen LogP) is 3.46. The van der Waals surface area contributed by atoms with Gasteiger partial charge in [0.1, 0.15) is 5.75 Å². The van der Waals surface area contributed by atoms with Gasteiger partial charge in [0, 0.05) is 31.3 Å². The average molecular weight is 405 g/mol. The average Bonchev–Trinajstić information content (AvgIpc) is 2.64. The summed E-state index contributed by atoms with van der Waals surface area (Å²) >= 11 is 6.06. The molecule has 9 heteroatoms. The SMILES string of the molecule is COc1ccc(NC(=O)NCCC(=O)Nc2ccc(NC(C)=O)c(Cl)c2)cc1. The van der Waals surface area contributed by atoms with E-state index >= 15 is 0 Å². The first-order chi connectivity index (χ1) is 13.4. The molecule has 0 aliphatic carbocycles. The second kappa shape index (κ2) is 10.2. The molecule has 0 unspecified atom stereocenters. The summed E-state index contributed by atoms with van der Waals surface area (Å²) in [6.45, 7) is 1.54. The van der Waals surface area contributed by atoms with Gasteiger partial charge in [-0.3, -0.25) is 9.59 Å². The summed E-state index contributed by atoms with van der Waals surface area (Å²) < 4.78 is 5.05. The number of benzene rings is 2. The third-order valence-corrected chi connectivity index (χ3v) is 3.86. The van der Waals surface area contributed by atoms with E-state index in [4.69, 9.17) is 16.3 Å². The second-order valence-electron chi connectivity index (χ2n) is 5.78. The zero-order valence-corrected chi connectivity index (χ0v) is 16.2. The lowest BCUT2D eigenvalue weighted by Crippen LogP contribution is -2.31. The maximum atomic E-state index is 12.0. The summed E-state index contributed by atoms with van der Waals surface area (Å²) in [5, 5.41) is 10.8. The Hall–Kier alpha value is -3.26. The first kappa shape index (κ1) is 21.0. The van der Waals surface area contributed by atoms with Crippen LogP contribution in [0.2, 0.25) is 5.02 Å². The standard InChI is InChI=1S/C19H21ClN4O4/c1-12(25)22-17-8-5-14(11-16(17)20)23-18(26)9-10-21-19(27)24-13-3-6-15(28-2)7-4-13/h3-8,11H,9-10H2,1-2H3,(H,22,25)(H,23,26)(H2,21,24,27). The minimum atomic E-state index is -0.416. The Morgan fingerprint density at radius 2 is 1.64 bits per heavy atom. The maximum Gasteiger partial charge on any atom is 0.319 e. The normalized spacial score (nSPS) is 9.96. The third kappa shape index (κ3) is 6.81. The number of urea groups is 1. The molecule has 0 saturated heterocycles. The molecule has 0 saturated carbocycles. The van der Waals surface area contributed by atoms with Gasteiger partial charge in [0.25, 0.3) is 0 Å². The molecule has 8 nitrogen and oxygen atoms in total. The molecule has 2 aromatic carbocycles. The van der Waals surface area contributed by atoms with E-state index in [0.717, 1.165) is 0 Å². The van der Waals surface area contributed by atoms with Gasteiger partial charge in [-0.25, -0.2) is 4.79 Å². The first-order valence-electron chi connectivity index (χ1n) is 8.43. The van der Waals surface area contributed by atoms with Crippen LogP contribution < -0.4 is 26.0 Å². The number of carbonyl (C=O) groups is 3. The summed E-state index contributed by atoms with van der Waals surface area (Å²) in [6, 6.07) is 11.2. The predicted molar refractivity (Wildman–Crippen MR) is 109 cm³/mol. The van der Waals surface area contributed by atoms with Gasteiger partial charge in [-0.2, -0.15) is 0 Å². The fraction of sp³-hybridized carbons (Fsp3) is 0.211. The topological polar surface area (TPSA) is 109 Å². The fourth-order valence-corrected chi connectivity index (χ4v) is 2.47. The van der Waals surface area contributed by atoms with Crippen molar-refractivity contribution >= 4 is 46.5 Å². The van der Waals surface area contributed by atoms with Crippen molar-refractivity contribution in [1.29, 1.82) is 0 Å². The number of halogens is 1. The van der Waals surface area contributed by atoms with Crippen LogP contribution in [-0.4, -0.2) is 31.5 Å². The lowest BCUT2D eigenvalue weighted by molar-refractivity contribution is -0.116. The molecule has 2 rings (SSSR count). The summed E-state index contributed by atoms with van der Waals surface area (Å²) in [4.78, 5) is 34.9. The molecular weight excluding hydrogens is 384 g/mol. The van der Waals surface area contributed by atoms with Crippen LogP contribution in [0.25, 0.3) is 0 Å². The Labute approximate surface area is 167 Å². The van der Waals surface area contributed by atoms with Crippen LogP contribution in [0.4, 0.5) is 21.9 Å². The largest absolute Gasteiger partial charge is 0.497 e. The van der Waals surface area contributed by atoms with E-state index in [1.165, 1.54) is 13.0 Å². The molecule has 4 N–H and O–H groups in total. The number of ether oxygens (including phenoxy) is 1. The lowest BCUT2D eigenvalue weighted by atomic mass is 10.2. The molecule has 0 radical (unpaired) electrons. The first-order valence-corrected chi connectivity index (χ1v) is 8.81. The van der Waals surface area contributed by atoms with Crippen LogP contribution in [0.1, 0.15) is 13.3 Å². The number of hydrogen-bond acceptors (Lipinski definition) is 4. The second-order valence-corrected chi connectivity index (χ2v) is 6.19. The van der Waals surface area contributed by atoms with Gasteiger partial charge in [-0.05, 0) is 42.5 Å². The van der Waals surface area contributed by atoms with Gasteiger partial charge < -0.3 is 26.0 Å². The molecular formula is C19H21ClN4O4. The molecule has 148 valence electrons. The van der Waals surface area contributed by atoms with Gasteiger partial charge in [0.05, 0.1) is 17.8 Å². The van der Waals surface area contributed by atoms with E-state index in [9.17, 15) is 14.4 Å². The van der Waals surface area contributed by atoms with Gasteiger partial charge in [0.15, 0.2) is 0 Å². The van der Waals surface area contributed by atoms with Crippen LogP contribution in [0.5, 0.6) is 5.75 Å². The molecule has 0 aliphatic heterocycles. The zero-order valence-electron chi connectivity index (χ0n) is 15.5. The molecule has 2 aromatic rings. The highest BCUT2D eigenvalue weighted by molar-refractivity contribution is 6.34. The highest BCUT2D eigenvalue weighted by Crippen LogP contribution is 2.25. The van der Waals surface area contributed by atoms with Crippen LogP contribution in [-0.2, 0) is 9.59 Å². The van der Waals surface area contributed by atoms with Crippen molar-refractivity contribution in [2.75, 3.05) is 29.6 Å². The number of amides is 4. The third-order valence-electron chi connectivity index (χ3n) is 3.55. The molecule has 0 aromatic heterocycles. The number of hydrogen-bond donors (Lipinski definition) is 4. The smallest absolute Gasteiger partial charge is 0.319 e. The summed E-state index contributed by atoms with van der Waals surface area (Å²) in [5.74, 6) is 0.165. The van der Waals surface area contributed by atoms with Crippen molar-refractivity contribution in [2.24, 2.45) is 0 Å². The molecule has 28 heavy (non-hydrogen) atoms. The molecule has 4 amide bonds. The van der Waals surface area contributed by atoms with E-state index < -0.39 is 6.03 Å². The van der Waals surface area contributed by atoms with Crippen LogP contribution in [0, 0.1) is 0 Å². The van der Waals surface area contributed by atoms with E-state index in [1.807, 2.05) is 0 Å². The van der Waals surface area contributed by atoms with Crippen molar-refractivity contribution < 1.29 is 19.1 Å². The number of nitrogens with one attached hydrogen (secondary N) is 4. The van der Waals surface area contributed by atoms with Crippen LogP contribution in [0.15, 0.2) is 42.5 Å². The Balaban J connectivity index is 1.75. The van der Waals surface area contributed by atoms with Gasteiger partial charge in [0.2, 0.25) is 11.8 Å². The van der Waals surface area contributed by atoms with E-state index in [-0.39, 0.29) is 24.8 Å².